The van der Waals surface area contributed by atoms with Crippen LogP contribution in [-0.4, -0.2) is 17.9 Å². The van der Waals surface area contributed by atoms with Gasteiger partial charge < -0.3 is 11.1 Å². The highest BCUT2D eigenvalue weighted by Crippen LogP contribution is 2.24. The van der Waals surface area contributed by atoms with Gasteiger partial charge in [0.2, 0.25) is 11.8 Å². The quantitative estimate of drug-likeness (QED) is 0.512. The van der Waals surface area contributed by atoms with Crippen LogP contribution >= 0.6 is 0 Å². The van der Waals surface area contributed by atoms with E-state index in [-0.39, 0.29) is 17.8 Å². The molecule has 0 aliphatic rings. The van der Waals surface area contributed by atoms with Gasteiger partial charge in [-0.1, -0.05) is 43.3 Å². The van der Waals surface area contributed by atoms with E-state index in [1.54, 1.807) is 37.3 Å². The van der Waals surface area contributed by atoms with E-state index in [1.165, 1.54) is 17.7 Å². The van der Waals surface area contributed by atoms with Gasteiger partial charge in [-0.25, -0.2) is 4.39 Å². The lowest BCUT2D eigenvalue weighted by molar-refractivity contribution is -0.117. The molecule has 31 heavy (non-hydrogen) atoms. The maximum absolute atomic E-state index is 13.9. The molecule has 0 heterocycles. The molecule has 0 radical (unpaired) electrons. The third kappa shape index (κ3) is 5.77. The molecule has 0 bridgehead atoms. The molecule has 3 aromatic rings. The van der Waals surface area contributed by atoms with Crippen LogP contribution in [0, 0.1) is 5.82 Å². The lowest BCUT2D eigenvalue weighted by atomic mass is 9.96. The van der Waals surface area contributed by atoms with Crippen LogP contribution < -0.4 is 16.4 Å². The average molecular weight is 420 g/mol. The van der Waals surface area contributed by atoms with Gasteiger partial charge in [0.1, 0.15) is 5.82 Å². The molecule has 0 spiro atoms. The number of nitrogens with one attached hydrogen (secondary N) is 2. The second kappa shape index (κ2) is 10.00. The van der Waals surface area contributed by atoms with Crippen LogP contribution in [0.1, 0.15) is 46.9 Å². The van der Waals surface area contributed by atoms with E-state index in [0.717, 1.165) is 17.5 Å². The summed E-state index contributed by atoms with van der Waals surface area (Å²) >= 11 is 0. The molecule has 2 atom stereocenters. The minimum atomic E-state index is -0.574. The number of nitrogens with two attached hydrogens (primary N) is 1. The van der Waals surface area contributed by atoms with Gasteiger partial charge in [-0.15, -0.1) is 0 Å². The van der Waals surface area contributed by atoms with E-state index in [4.69, 9.17) is 5.73 Å². The molecule has 0 saturated carbocycles. The molecule has 0 aliphatic carbocycles. The molecule has 6 heteroatoms. The second-order valence-electron chi connectivity index (χ2n) is 7.40. The largest absolute Gasteiger partial charge is 0.366 e. The third-order valence-electron chi connectivity index (χ3n) is 5.15. The fraction of sp³-hybridized carbons (Fsp3) is 0.200. The lowest BCUT2D eigenvalue weighted by Gasteiger charge is -2.24. The average Bonchev–Trinajstić information content (AvgIpc) is 2.77. The van der Waals surface area contributed by atoms with Gasteiger partial charge in [-0.3, -0.25) is 14.9 Å². The first-order valence-electron chi connectivity index (χ1n) is 10.2. The van der Waals surface area contributed by atoms with Crippen LogP contribution in [0.3, 0.4) is 0 Å². The fourth-order valence-electron chi connectivity index (χ4n) is 3.31. The molecular formula is C25H26FN3O2. The number of rotatable bonds is 8. The maximum Gasteiger partial charge on any atom is 0.248 e. The molecule has 0 aromatic heterocycles. The van der Waals surface area contributed by atoms with Crippen LogP contribution in [0.4, 0.5) is 10.1 Å². The zero-order valence-electron chi connectivity index (χ0n) is 17.6. The number of carbonyl (C=O) groups excluding carboxylic acids is 2. The molecule has 4 N–H and O–H groups in total. The van der Waals surface area contributed by atoms with E-state index in [9.17, 15) is 14.0 Å². The topological polar surface area (TPSA) is 84.2 Å². The predicted molar refractivity (Wildman–Crippen MR) is 120 cm³/mol. The minimum absolute atomic E-state index is 0.251. The number of carbonyl (C=O) groups is 2. The van der Waals surface area contributed by atoms with Crippen molar-refractivity contribution in [2.75, 3.05) is 5.32 Å². The Morgan fingerprint density at radius 1 is 0.968 bits per heavy atom. The van der Waals surface area contributed by atoms with Crippen molar-refractivity contribution in [1.82, 2.24) is 5.32 Å². The Hall–Kier alpha value is -3.51. The van der Waals surface area contributed by atoms with Gasteiger partial charge in [-0.05, 0) is 66.4 Å². The van der Waals surface area contributed by atoms with E-state index >= 15 is 0 Å². The first-order chi connectivity index (χ1) is 14.9. The Bertz CT molecular complexity index is 1050. The molecule has 0 saturated heterocycles. The van der Waals surface area contributed by atoms with Gasteiger partial charge >= 0.3 is 0 Å². The number of halogens is 1. The summed E-state index contributed by atoms with van der Waals surface area (Å²) in [6.45, 7) is 3.83. The third-order valence-corrected chi connectivity index (χ3v) is 5.15. The summed E-state index contributed by atoms with van der Waals surface area (Å²) in [5.74, 6) is -1.11. The number of aryl methyl sites for hydroxylation is 1. The summed E-state index contributed by atoms with van der Waals surface area (Å²) in [7, 11) is 0. The Morgan fingerprint density at radius 2 is 1.65 bits per heavy atom. The monoisotopic (exact) mass is 419 g/mol. The van der Waals surface area contributed by atoms with Gasteiger partial charge in [-0.2, -0.15) is 0 Å². The molecule has 0 aliphatic heterocycles. The molecule has 160 valence electrons. The Kier molecular flexibility index (Phi) is 7.15. The van der Waals surface area contributed by atoms with Crippen LogP contribution in [0.25, 0.3) is 0 Å². The summed E-state index contributed by atoms with van der Waals surface area (Å²) in [4.78, 5) is 24.0. The van der Waals surface area contributed by atoms with Crippen LogP contribution in [0.5, 0.6) is 0 Å². The summed E-state index contributed by atoms with van der Waals surface area (Å²) in [5, 5.41) is 6.13. The van der Waals surface area contributed by atoms with Gasteiger partial charge in [0.05, 0.1) is 12.1 Å². The Labute approximate surface area is 181 Å². The predicted octanol–water partition coefficient (Wildman–Crippen LogP) is 4.19. The summed E-state index contributed by atoms with van der Waals surface area (Å²) in [6, 6.07) is 19.8. The van der Waals surface area contributed by atoms with Crippen molar-refractivity contribution in [3.05, 3.63) is 101 Å². The molecule has 3 rings (SSSR count). The lowest BCUT2D eigenvalue weighted by Crippen LogP contribution is -2.40. The van der Waals surface area contributed by atoms with Gasteiger partial charge in [0, 0.05) is 11.3 Å². The molecule has 5 nitrogen and oxygen atoms in total. The zero-order valence-corrected chi connectivity index (χ0v) is 17.6. The first-order valence-corrected chi connectivity index (χ1v) is 10.2. The van der Waals surface area contributed by atoms with Crippen LogP contribution in [0.15, 0.2) is 72.8 Å². The summed E-state index contributed by atoms with van der Waals surface area (Å²) < 4.78 is 13.9. The molecule has 3 aromatic carbocycles. The minimum Gasteiger partial charge on any atom is -0.366 e. The normalized spacial score (nSPS) is 12.7. The van der Waals surface area contributed by atoms with E-state index in [2.05, 4.69) is 17.6 Å². The molecule has 2 amide bonds. The number of benzene rings is 3. The Morgan fingerprint density at radius 3 is 2.23 bits per heavy atom. The van der Waals surface area contributed by atoms with Crippen molar-refractivity contribution in [3.8, 4) is 0 Å². The van der Waals surface area contributed by atoms with Crippen molar-refractivity contribution < 1.29 is 14.0 Å². The van der Waals surface area contributed by atoms with E-state index < -0.39 is 11.9 Å². The van der Waals surface area contributed by atoms with Crippen molar-refractivity contribution in [2.45, 2.75) is 32.4 Å². The summed E-state index contributed by atoms with van der Waals surface area (Å²) in [5.41, 5.74) is 9.04. The van der Waals surface area contributed by atoms with Crippen LogP contribution in [-0.2, 0) is 11.2 Å². The number of amides is 2. The maximum atomic E-state index is 13.9. The van der Waals surface area contributed by atoms with Crippen molar-refractivity contribution in [3.63, 3.8) is 0 Å². The van der Waals surface area contributed by atoms with Gasteiger partial charge in [0.15, 0.2) is 0 Å². The zero-order chi connectivity index (χ0) is 22.4. The SMILES string of the molecule is CCc1ccc([C@@H](N[C@@H](C)C(=O)Nc2ccc(C(N)=O)cc2)c2cccc(F)c2)cc1. The standard InChI is InChI=1S/C25H26FN3O2/c1-3-17-7-9-18(10-8-17)23(20-5-4-6-21(26)15-20)28-16(2)25(31)29-22-13-11-19(12-14-22)24(27)30/h4-16,23,28H,3H2,1-2H3,(H2,27,30)(H,29,31)/t16-,23+/m0/s1. The second-order valence-corrected chi connectivity index (χ2v) is 7.40. The number of anilines is 1. The fourth-order valence-corrected chi connectivity index (χ4v) is 3.31. The van der Waals surface area contributed by atoms with E-state index in [0.29, 0.717) is 11.3 Å². The molecular weight excluding hydrogens is 393 g/mol. The number of hydrogen-bond acceptors (Lipinski definition) is 3. The highest BCUT2D eigenvalue weighted by molar-refractivity contribution is 5.96. The highest BCUT2D eigenvalue weighted by atomic mass is 19.1. The molecule has 0 unspecified atom stereocenters. The highest BCUT2D eigenvalue weighted by Gasteiger charge is 2.21. The van der Waals surface area contributed by atoms with Crippen molar-refractivity contribution >= 4 is 17.5 Å². The van der Waals surface area contributed by atoms with Gasteiger partial charge in [0.25, 0.3) is 0 Å². The number of hydrogen-bond donors (Lipinski definition) is 3. The Balaban J connectivity index is 1.79. The first kappa shape index (κ1) is 22.2. The molecule has 0 fully saturated rings. The number of primary amides is 1. The van der Waals surface area contributed by atoms with Crippen molar-refractivity contribution in [2.24, 2.45) is 5.73 Å². The smallest absolute Gasteiger partial charge is 0.248 e. The van der Waals surface area contributed by atoms with Crippen molar-refractivity contribution in [1.29, 1.82) is 0 Å². The van der Waals surface area contributed by atoms with Crippen LogP contribution in [0.2, 0.25) is 0 Å². The summed E-state index contributed by atoms with van der Waals surface area (Å²) in [6.07, 6.45) is 0.922. The van der Waals surface area contributed by atoms with E-state index in [1.807, 2.05) is 30.3 Å².